The van der Waals surface area contributed by atoms with Gasteiger partial charge in [0.05, 0.1) is 25.0 Å². The molecule has 0 saturated carbocycles. The second-order valence-electron chi connectivity index (χ2n) is 5.70. The predicted molar refractivity (Wildman–Crippen MR) is 94.1 cm³/mol. The number of rotatable bonds is 7. The van der Waals surface area contributed by atoms with Gasteiger partial charge in [0.25, 0.3) is 5.56 Å². The minimum Gasteiger partial charge on any atom is -0.373 e. The van der Waals surface area contributed by atoms with Gasteiger partial charge >= 0.3 is 0 Å². The summed E-state index contributed by atoms with van der Waals surface area (Å²) in [7, 11) is 1.98. The fourth-order valence-electron chi connectivity index (χ4n) is 2.50. The molecule has 0 amide bonds. The van der Waals surface area contributed by atoms with Crippen LogP contribution in [-0.2, 0) is 19.5 Å². The van der Waals surface area contributed by atoms with Crippen LogP contribution in [0.4, 0.5) is 5.69 Å². The number of likely N-dealkylation sites (N-methyl/N-ethyl adjacent to an activating group) is 1. The topological polar surface area (TPSA) is 56.0 Å². The molecule has 124 valence electrons. The van der Waals surface area contributed by atoms with Crippen LogP contribution in [0.15, 0.2) is 65.8 Å². The van der Waals surface area contributed by atoms with Crippen LogP contribution in [0.25, 0.3) is 0 Å². The Bertz CT molecular complexity index is 811. The van der Waals surface area contributed by atoms with Crippen LogP contribution >= 0.6 is 0 Å². The number of benzene rings is 1. The largest absolute Gasteiger partial charge is 0.373 e. The molecule has 2 heterocycles. The molecule has 0 saturated heterocycles. The van der Waals surface area contributed by atoms with E-state index in [4.69, 9.17) is 0 Å². The molecule has 1 aromatic carbocycles. The third kappa shape index (κ3) is 4.10. The third-order valence-corrected chi connectivity index (χ3v) is 3.97. The van der Waals surface area contributed by atoms with Gasteiger partial charge in [0.1, 0.15) is 0 Å². The molecule has 0 radical (unpaired) electrons. The van der Waals surface area contributed by atoms with Crippen LogP contribution in [0, 0.1) is 0 Å². The average Bonchev–Trinajstić information content (AvgIpc) is 3.13. The van der Waals surface area contributed by atoms with Crippen LogP contribution in [-0.4, -0.2) is 33.2 Å². The number of hydrogen-bond donors (Lipinski definition) is 0. The van der Waals surface area contributed by atoms with Gasteiger partial charge in [-0.2, -0.15) is 10.2 Å². The van der Waals surface area contributed by atoms with E-state index in [2.05, 4.69) is 27.2 Å². The van der Waals surface area contributed by atoms with Gasteiger partial charge in [0, 0.05) is 32.1 Å². The minimum absolute atomic E-state index is 0.0915. The van der Waals surface area contributed by atoms with E-state index in [1.807, 2.05) is 37.5 Å². The molecular weight excluding hydrogens is 302 g/mol. The highest BCUT2D eigenvalue weighted by molar-refractivity contribution is 5.42. The maximum absolute atomic E-state index is 12.2. The molecule has 3 rings (SSSR count). The smallest absolute Gasteiger partial charge is 0.268 e. The monoisotopic (exact) mass is 323 g/mol. The molecule has 6 heteroatoms. The second kappa shape index (κ2) is 7.59. The predicted octanol–water partition coefficient (Wildman–Crippen LogP) is 1.82. The van der Waals surface area contributed by atoms with Crippen molar-refractivity contribution in [2.75, 3.05) is 18.5 Å². The standard InChI is InChI=1S/C18H21N5O/c1-21(11-8-16-6-3-2-4-7-16)17-14-18(24)23(20-15-17)13-12-22-10-5-9-19-22/h2-7,9-10,14-15H,8,11-13H2,1H3. The molecule has 0 atom stereocenters. The summed E-state index contributed by atoms with van der Waals surface area (Å²) in [6.07, 6.45) is 6.27. The number of aryl methyl sites for hydroxylation is 2. The normalized spacial score (nSPS) is 10.7. The van der Waals surface area contributed by atoms with Gasteiger partial charge in [-0.15, -0.1) is 0 Å². The Morgan fingerprint density at radius 1 is 1.08 bits per heavy atom. The zero-order valence-corrected chi connectivity index (χ0v) is 13.7. The lowest BCUT2D eigenvalue weighted by molar-refractivity contribution is 0.482. The van der Waals surface area contributed by atoms with Crippen LogP contribution in [0.1, 0.15) is 5.56 Å². The summed E-state index contributed by atoms with van der Waals surface area (Å²) in [6, 6.07) is 13.8. The molecule has 3 aromatic rings. The molecule has 2 aromatic heterocycles. The Morgan fingerprint density at radius 3 is 2.62 bits per heavy atom. The minimum atomic E-state index is -0.0915. The van der Waals surface area contributed by atoms with E-state index in [0.29, 0.717) is 13.1 Å². The van der Waals surface area contributed by atoms with E-state index in [1.54, 1.807) is 23.1 Å². The Kier molecular flexibility index (Phi) is 5.05. The zero-order valence-electron chi connectivity index (χ0n) is 13.7. The number of hydrogen-bond acceptors (Lipinski definition) is 4. The molecular formula is C18H21N5O. The van der Waals surface area contributed by atoms with Crippen LogP contribution in [0.3, 0.4) is 0 Å². The number of nitrogens with zero attached hydrogens (tertiary/aromatic N) is 5. The highest BCUT2D eigenvalue weighted by Gasteiger charge is 2.05. The first-order valence-corrected chi connectivity index (χ1v) is 8.02. The molecule has 0 aliphatic rings. The molecule has 0 N–H and O–H groups in total. The fourth-order valence-corrected chi connectivity index (χ4v) is 2.50. The Balaban J connectivity index is 1.60. The van der Waals surface area contributed by atoms with E-state index >= 15 is 0 Å². The van der Waals surface area contributed by atoms with Crippen molar-refractivity contribution < 1.29 is 0 Å². The van der Waals surface area contributed by atoms with Gasteiger partial charge in [-0.3, -0.25) is 9.48 Å². The fraction of sp³-hybridized carbons (Fsp3) is 0.278. The molecule has 0 aliphatic heterocycles. The van der Waals surface area contributed by atoms with Gasteiger partial charge in [-0.25, -0.2) is 4.68 Å². The highest BCUT2D eigenvalue weighted by atomic mass is 16.1. The maximum Gasteiger partial charge on any atom is 0.268 e. The third-order valence-electron chi connectivity index (χ3n) is 3.97. The van der Waals surface area contributed by atoms with Gasteiger partial charge < -0.3 is 4.90 Å². The Labute approximate surface area is 141 Å². The van der Waals surface area contributed by atoms with E-state index in [1.165, 1.54) is 10.2 Å². The molecule has 6 nitrogen and oxygen atoms in total. The first-order valence-electron chi connectivity index (χ1n) is 8.02. The summed E-state index contributed by atoms with van der Waals surface area (Å²) < 4.78 is 3.25. The molecule has 24 heavy (non-hydrogen) atoms. The maximum atomic E-state index is 12.2. The Morgan fingerprint density at radius 2 is 1.92 bits per heavy atom. The summed E-state index contributed by atoms with van der Waals surface area (Å²) in [5.41, 5.74) is 2.03. The first-order chi connectivity index (χ1) is 11.7. The Hall–Kier alpha value is -2.89. The summed E-state index contributed by atoms with van der Waals surface area (Å²) in [5.74, 6) is 0. The van der Waals surface area contributed by atoms with Crippen molar-refractivity contribution in [1.82, 2.24) is 19.6 Å². The highest BCUT2D eigenvalue weighted by Crippen LogP contribution is 2.09. The van der Waals surface area contributed by atoms with Gasteiger partial charge in [-0.1, -0.05) is 30.3 Å². The molecule has 0 unspecified atom stereocenters. The summed E-state index contributed by atoms with van der Waals surface area (Å²) in [6.45, 7) is 1.97. The van der Waals surface area contributed by atoms with E-state index in [-0.39, 0.29) is 5.56 Å². The lowest BCUT2D eigenvalue weighted by Crippen LogP contribution is -2.28. The summed E-state index contributed by atoms with van der Waals surface area (Å²) >= 11 is 0. The van der Waals surface area contributed by atoms with Gasteiger partial charge in [0.2, 0.25) is 0 Å². The van der Waals surface area contributed by atoms with Gasteiger partial charge in [0.15, 0.2) is 0 Å². The van der Waals surface area contributed by atoms with Crippen molar-refractivity contribution in [3.8, 4) is 0 Å². The number of anilines is 1. The van der Waals surface area contributed by atoms with Crippen LogP contribution in [0.5, 0.6) is 0 Å². The van der Waals surface area contributed by atoms with Crippen molar-refractivity contribution in [3.05, 3.63) is 77.0 Å². The van der Waals surface area contributed by atoms with Crippen molar-refractivity contribution in [3.63, 3.8) is 0 Å². The van der Waals surface area contributed by atoms with Crippen LogP contribution in [0.2, 0.25) is 0 Å². The molecule has 0 spiro atoms. The number of aromatic nitrogens is 4. The molecule has 0 bridgehead atoms. The lowest BCUT2D eigenvalue weighted by Gasteiger charge is -2.19. The van der Waals surface area contributed by atoms with Crippen LogP contribution < -0.4 is 10.5 Å². The van der Waals surface area contributed by atoms with Crippen molar-refractivity contribution in [1.29, 1.82) is 0 Å². The molecule has 0 aliphatic carbocycles. The van der Waals surface area contributed by atoms with Gasteiger partial charge in [-0.05, 0) is 18.1 Å². The SMILES string of the molecule is CN(CCc1ccccc1)c1cnn(CCn2cccn2)c(=O)c1. The van der Waals surface area contributed by atoms with Crippen molar-refractivity contribution in [2.45, 2.75) is 19.5 Å². The van der Waals surface area contributed by atoms with E-state index < -0.39 is 0 Å². The van der Waals surface area contributed by atoms with E-state index in [0.717, 1.165) is 18.7 Å². The van der Waals surface area contributed by atoms with E-state index in [9.17, 15) is 4.79 Å². The van der Waals surface area contributed by atoms with Crippen molar-refractivity contribution in [2.24, 2.45) is 0 Å². The zero-order chi connectivity index (χ0) is 16.8. The quantitative estimate of drug-likeness (QED) is 0.665. The lowest BCUT2D eigenvalue weighted by atomic mass is 10.1. The first kappa shape index (κ1) is 16.0. The average molecular weight is 323 g/mol. The molecule has 0 fully saturated rings. The summed E-state index contributed by atoms with van der Waals surface area (Å²) in [4.78, 5) is 14.3. The summed E-state index contributed by atoms with van der Waals surface area (Å²) in [5, 5.41) is 8.40. The van der Waals surface area contributed by atoms with Crippen molar-refractivity contribution >= 4 is 5.69 Å². The second-order valence-corrected chi connectivity index (χ2v) is 5.70.